The second kappa shape index (κ2) is 6.17. The highest BCUT2D eigenvalue weighted by Gasteiger charge is 2.20. The van der Waals surface area contributed by atoms with Gasteiger partial charge in [0.2, 0.25) is 0 Å². The van der Waals surface area contributed by atoms with Gasteiger partial charge < -0.3 is 10.1 Å². The second-order valence-electron chi connectivity index (χ2n) is 4.84. The van der Waals surface area contributed by atoms with Crippen LogP contribution in [0.2, 0.25) is 5.02 Å². The van der Waals surface area contributed by atoms with Gasteiger partial charge in [0.05, 0.1) is 6.61 Å². The largest absolute Gasteiger partial charge is 0.493 e. The van der Waals surface area contributed by atoms with Crippen molar-refractivity contribution < 1.29 is 4.74 Å². The van der Waals surface area contributed by atoms with E-state index in [1.807, 2.05) is 30.3 Å². The van der Waals surface area contributed by atoms with Crippen LogP contribution in [0.4, 0.5) is 0 Å². The summed E-state index contributed by atoms with van der Waals surface area (Å²) in [5.41, 5.74) is 2.40. The summed E-state index contributed by atoms with van der Waals surface area (Å²) in [6, 6.07) is 14.4. The molecule has 3 rings (SSSR count). The Hall–Kier alpha value is -1.03. The summed E-state index contributed by atoms with van der Waals surface area (Å²) in [4.78, 5) is 0. The monoisotopic (exact) mass is 351 g/mol. The van der Waals surface area contributed by atoms with Crippen molar-refractivity contribution in [1.29, 1.82) is 0 Å². The second-order valence-corrected chi connectivity index (χ2v) is 6.13. The summed E-state index contributed by atoms with van der Waals surface area (Å²) < 4.78 is 6.76. The van der Waals surface area contributed by atoms with Crippen LogP contribution in [0.3, 0.4) is 0 Å². The molecule has 0 spiro atoms. The highest BCUT2D eigenvalue weighted by Crippen LogP contribution is 2.32. The summed E-state index contributed by atoms with van der Waals surface area (Å²) in [6.45, 7) is 1.53. The average Bonchev–Trinajstić information content (AvgIpc) is 2.48. The minimum absolute atomic E-state index is 0.325. The molecule has 0 saturated heterocycles. The smallest absolute Gasteiger partial charge is 0.124 e. The van der Waals surface area contributed by atoms with Gasteiger partial charge in [-0.25, -0.2) is 0 Å². The van der Waals surface area contributed by atoms with Crippen molar-refractivity contribution in [2.45, 2.75) is 19.0 Å². The highest BCUT2D eigenvalue weighted by atomic mass is 79.9. The molecule has 0 aromatic heterocycles. The number of ether oxygens (including phenoxy) is 1. The van der Waals surface area contributed by atoms with Gasteiger partial charge in [-0.05, 0) is 29.8 Å². The molecule has 0 radical (unpaired) electrons. The number of hydrogen-bond acceptors (Lipinski definition) is 2. The SMILES string of the molecule is Clc1ccc(Br)c(CNC2CCOc3ccccc32)c1. The first-order valence-electron chi connectivity index (χ1n) is 6.63. The lowest BCUT2D eigenvalue weighted by Gasteiger charge is -2.27. The molecule has 0 fully saturated rings. The van der Waals surface area contributed by atoms with Crippen LogP contribution in [0.5, 0.6) is 5.75 Å². The van der Waals surface area contributed by atoms with Gasteiger partial charge in [-0.15, -0.1) is 0 Å². The van der Waals surface area contributed by atoms with E-state index in [1.165, 1.54) is 11.1 Å². The van der Waals surface area contributed by atoms with Crippen molar-refractivity contribution in [1.82, 2.24) is 5.32 Å². The van der Waals surface area contributed by atoms with Crippen LogP contribution < -0.4 is 10.1 Å². The number of benzene rings is 2. The van der Waals surface area contributed by atoms with Crippen molar-refractivity contribution in [2.75, 3.05) is 6.61 Å². The highest BCUT2D eigenvalue weighted by molar-refractivity contribution is 9.10. The van der Waals surface area contributed by atoms with Crippen LogP contribution in [0.15, 0.2) is 46.9 Å². The first-order valence-corrected chi connectivity index (χ1v) is 7.80. The van der Waals surface area contributed by atoms with Crippen molar-refractivity contribution in [2.24, 2.45) is 0 Å². The van der Waals surface area contributed by atoms with Crippen molar-refractivity contribution in [3.8, 4) is 5.75 Å². The third-order valence-corrected chi connectivity index (χ3v) is 4.51. The maximum absolute atomic E-state index is 6.05. The third-order valence-electron chi connectivity index (χ3n) is 3.51. The number of rotatable bonds is 3. The standard InChI is InChI=1S/C16H15BrClNO/c17-14-6-5-12(18)9-11(14)10-19-15-7-8-20-16-4-2-1-3-13(15)16/h1-6,9,15,19H,7-8,10H2. The summed E-state index contributed by atoms with van der Waals surface area (Å²) in [5, 5.41) is 4.35. The summed E-state index contributed by atoms with van der Waals surface area (Å²) >= 11 is 9.61. The first-order chi connectivity index (χ1) is 9.74. The van der Waals surface area contributed by atoms with Gasteiger partial charge in [-0.1, -0.05) is 45.7 Å². The Bertz CT molecular complexity index is 617. The Labute approximate surface area is 132 Å². The summed E-state index contributed by atoms with van der Waals surface area (Å²) in [7, 11) is 0. The number of nitrogens with one attached hydrogen (secondary N) is 1. The van der Waals surface area contributed by atoms with Crippen molar-refractivity contribution in [3.63, 3.8) is 0 Å². The molecule has 1 atom stereocenters. The number of para-hydroxylation sites is 1. The molecule has 2 aromatic rings. The Balaban J connectivity index is 1.75. The average molecular weight is 353 g/mol. The van der Waals surface area contributed by atoms with E-state index in [1.54, 1.807) is 0 Å². The Kier molecular flexibility index (Phi) is 4.29. The van der Waals surface area contributed by atoms with Crippen LogP contribution in [0.1, 0.15) is 23.6 Å². The summed E-state index contributed by atoms with van der Waals surface area (Å²) in [5.74, 6) is 0.987. The molecule has 1 heterocycles. The lowest BCUT2D eigenvalue weighted by Crippen LogP contribution is -2.26. The molecule has 4 heteroatoms. The van der Waals surface area contributed by atoms with Gasteiger partial charge in [0.1, 0.15) is 5.75 Å². The van der Waals surface area contributed by atoms with E-state index in [9.17, 15) is 0 Å². The Morgan fingerprint density at radius 3 is 3.00 bits per heavy atom. The predicted octanol–water partition coefficient (Wildman–Crippen LogP) is 4.72. The maximum Gasteiger partial charge on any atom is 0.124 e. The van der Waals surface area contributed by atoms with E-state index >= 15 is 0 Å². The Morgan fingerprint density at radius 1 is 1.25 bits per heavy atom. The molecule has 1 aliphatic rings. The van der Waals surface area contributed by atoms with Gasteiger partial charge in [-0.2, -0.15) is 0 Å². The minimum Gasteiger partial charge on any atom is -0.493 e. The molecule has 1 aliphatic heterocycles. The number of hydrogen-bond donors (Lipinski definition) is 1. The molecule has 0 bridgehead atoms. The molecule has 2 aromatic carbocycles. The molecular weight excluding hydrogens is 338 g/mol. The van der Waals surface area contributed by atoms with E-state index < -0.39 is 0 Å². The molecule has 20 heavy (non-hydrogen) atoms. The van der Waals surface area contributed by atoms with E-state index in [0.717, 1.165) is 34.8 Å². The van der Waals surface area contributed by atoms with Crippen LogP contribution >= 0.6 is 27.5 Å². The van der Waals surface area contributed by atoms with Crippen LogP contribution in [0, 0.1) is 0 Å². The lowest BCUT2D eigenvalue weighted by atomic mass is 10.0. The number of halogens is 2. The lowest BCUT2D eigenvalue weighted by molar-refractivity contribution is 0.252. The zero-order valence-electron chi connectivity index (χ0n) is 10.9. The van der Waals surface area contributed by atoms with Crippen LogP contribution in [-0.4, -0.2) is 6.61 Å². The fourth-order valence-electron chi connectivity index (χ4n) is 2.47. The number of fused-ring (bicyclic) bond motifs is 1. The van der Waals surface area contributed by atoms with E-state index in [-0.39, 0.29) is 0 Å². The topological polar surface area (TPSA) is 21.3 Å². The van der Waals surface area contributed by atoms with Crippen molar-refractivity contribution >= 4 is 27.5 Å². The fourth-order valence-corrected chi connectivity index (χ4v) is 3.05. The van der Waals surface area contributed by atoms with Gasteiger partial charge in [0.15, 0.2) is 0 Å². The van der Waals surface area contributed by atoms with E-state index in [0.29, 0.717) is 6.04 Å². The molecule has 1 unspecified atom stereocenters. The predicted molar refractivity (Wildman–Crippen MR) is 85.3 cm³/mol. The van der Waals surface area contributed by atoms with Gasteiger partial charge >= 0.3 is 0 Å². The van der Waals surface area contributed by atoms with Crippen LogP contribution in [-0.2, 0) is 6.54 Å². The zero-order chi connectivity index (χ0) is 13.9. The molecular formula is C16H15BrClNO. The zero-order valence-corrected chi connectivity index (χ0v) is 13.2. The molecule has 0 amide bonds. The minimum atomic E-state index is 0.325. The molecule has 0 saturated carbocycles. The summed E-state index contributed by atoms with van der Waals surface area (Å²) in [6.07, 6.45) is 0.981. The maximum atomic E-state index is 6.05. The first kappa shape index (κ1) is 13.9. The molecule has 0 aliphatic carbocycles. The molecule has 1 N–H and O–H groups in total. The van der Waals surface area contributed by atoms with Crippen LogP contribution in [0.25, 0.3) is 0 Å². The van der Waals surface area contributed by atoms with E-state index in [4.69, 9.17) is 16.3 Å². The Morgan fingerprint density at radius 2 is 2.10 bits per heavy atom. The normalized spacial score (nSPS) is 17.4. The third kappa shape index (κ3) is 3.00. The van der Waals surface area contributed by atoms with Gasteiger partial charge in [-0.3, -0.25) is 0 Å². The van der Waals surface area contributed by atoms with Gasteiger partial charge in [0, 0.05) is 34.1 Å². The molecule has 104 valence electrons. The quantitative estimate of drug-likeness (QED) is 0.863. The molecule has 2 nitrogen and oxygen atoms in total. The fraction of sp³-hybridized carbons (Fsp3) is 0.250. The van der Waals surface area contributed by atoms with Crippen molar-refractivity contribution in [3.05, 3.63) is 63.1 Å². The van der Waals surface area contributed by atoms with E-state index in [2.05, 4.69) is 33.4 Å². The van der Waals surface area contributed by atoms with Gasteiger partial charge in [0.25, 0.3) is 0 Å².